The molecule has 18 heavy (non-hydrogen) atoms. The van der Waals surface area contributed by atoms with Crippen LogP contribution in [0.15, 0.2) is 30.5 Å². The summed E-state index contributed by atoms with van der Waals surface area (Å²) in [6.07, 6.45) is 1.91. The van der Waals surface area contributed by atoms with Gasteiger partial charge < -0.3 is 5.73 Å². The summed E-state index contributed by atoms with van der Waals surface area (Å²) in [7, 11) is 0. The van der Waals surface area contributed by atoms with E-state index in [-0.39, 0.29) is 5.84 Å². The summed E-state index contributed by atoms with van der Waals surface area (Å²) >= 11 is 0. The van der Waals surface area contributed by atoms with Crippen LogP contribution in [-0.4, -0.2) is 15.6 Å². The van der Waals surface area contributed by atoms with Gasteiger partial charge in [0.25, 0.3) is 0 Å². The molecule has 1 heterocycles. The Labute approximate surface area is 107 Å². The molecule has 2 rings (SSSR count). The lowest BCUT2D eigenvalue weighted by atomic mass is 10.1. The molecule has 2 aromatic rings. The van der Waals surface area contributed by atoms with Crippen LogP contribution in [0.25, 0.3) is 5.69 Å². The molecular weight excluding hydrogens is 224 g/mol. The summed E-state index contributed by atoms with van der Waals surface area (Å²) < 4.78 is 1.79. The van der Waals surface area contributed by atoms with Crippen LogP contribution in [0.4, 0.5) is 0 Å². The van der Waals surface area contributed by atoms with Gasteiger partial charge in [0, 0.05) is 11.8 Å². The quantitative estimate of drug-likeness (QED) is 0.641. The molecule has 94 valence electrons. The van der Waals surface area contributed by atoms with E-state index >= 15 is 0 Å². The number of hydrogen-bond acceptors (Lipinski definition) is 2. The summed E-state index contributed by atoms with van der Waals surface area (Å²) in [6, 6.07) is 7.81. The Kier molecular flexibility index (Phi) is 3.19. The van der Waals surface area contributed by atoms with Gasteiger partial charge in [-0.1, -0.05) is 19.9 Å². The summed E-state index contributed by atoms with van der Waals surface area (Å²) in [5.41, 5.74) is 9.33. The number of hydrogen-bond donors (Lipinski definition) is 2. The van der Waals surface area contributed by atoms with Crippen molar-refractivity contribution in [3.63, 3.8) is 0 Å². The minimum atomic E-state index is 0.0617. The smallest absolute Gasteiger partial charge is 0.124 e. The van der Waals surface area contributed by atoms with Crippen molar-refractivity contribution in [2.45, 2.75) is 26.7 Å². The predicted molar refractivity (Wildman–Crippen MR) is 73.4 cm³/mol. The minimum Gasteiger partial charge on any atom is -0.384 e. The highest BCUT2D eigenvalue weighted by molar-refractivity contribution is 5.98. The summed E-state index contributed by atoms with van der Waals surface area (Å²) in [5, 5.41) is 12.2. The number of benzene rings is 1. The predicted octanol–water partition coefficient (Wildman–Crippen LogP) is 2.59. The monoisotopic (exact) mass is 242 g/mol. The van der Waals surface area contributed by atoms with E-state index in [1.54, 1.807) is 4.68 Å². The van der Waals surface area contributed by atoms with Crippen molar-refractivity contribution in [1.29, 1.82) is 5.41 Å². The van der Waals surface area contributed by atoms with E-state index in [2.05, 4.69) is 18.9 Å². The fourth-order valence-electron chi connectivity index (χ4n) is 1.84. The van der Waals surface area contributed by atoms with Gasteiger partial charge in [-0.3, -0.25) is 5.41 Å². The largest absolute Gasteiger partial charge is 0.384 e. The second kappa shape index (κ2) is 4.64. The number of nitrogen functional groups attached to an aromatic ring is 1. The molecule has 0 bridgehead atoms. The Hall–Kier alpha value is -2.10. The lowest BCUT2D eigenvalue weighted by Crippen LogP contribution is -2.15. The summed E-state index contributed by atoms with van der Waals surface area (Å²) in [4.78, 5) is 0. The number of nitrogens with one attached hydrogen (secondary N) is 1. The van der Waals surface area contributed by atoms with Crippen molar-refractivity contribution in [1.82, 2.24) is 9.78 Å². The lowest BCUT2D eigenvalue weighted by Gasteiger charge is -2.09. The van der Waals surface area contributed by atoms with E-state index < -0.39 is 0 Å². The van der Waals surface area contributed by atoms with Crippen LogP contribution in [0.3, 0.4) is 0 Å². The highest BCUT2D eigenvalue weighted by Crippen LogP contribution is 2.18. The van der Waals surface area contributed by atoms with Crippen molar-refractivity contribution in [3.8, 4) is 5.69 Å². The Bertz CT molecular complexity index is 581. The van der Waals surface area contributed by atoms with Crippen LogP contribution in [0.2, 0.25) is 0 Å². The lowest BCUT2D eigenvalue weighted by molar-refractivity contribution is 0.767. The summed E-state index contributed by atoms with van der Waals surface area (Å²) in [5.74, 6) is 0.448. The van der Waals surface area contributed by atoms with Gasteiger partial charge in [-0.15, -0.1) is 0 Å². The fraction of sp³-hybridized carbons (Fsp3) is 0.286. The number of nitrogens with two attached hydrogens (primary N) is 1. The summed E-state index contributed by atoms with van der Waals surface area (Å²) in [6.45, 7) is 6.23. The van der Waals surface area contributed by atoms with Crippen LogP contribution in [0.1, 0.15) is 36.6 Å². The second-order valence-corrected chi connectivity index (χ2v) is 4.77. The van der Waals surface area contributed by atoms with E-state index in [4.69, 9.17) is 11.1 Å². The second-order valence-electron chi connectivity index (χ2n) is 4.77. The molecule has 4 heteroatoms. The Morgan fingerprint density at radius 2 is 2.06 bits per heavy atom. The average Bonchev–Trinajstić information content (AvgIpc) is 2.77. The normalized spacial score (nSPS) is 10.9. The molecule has 0 amide bonds. The van der Waals surface area contributed by atoms with Crippen molar-refractivity contribution < 1.29 is 0 Å². The molecule has 0 aliphatic carbocycles. The molecule has 0 spiro atoms. The van der Waals surface area contributed by atoms with E-state index in [0.717, 1.165) is 16.9 Å². The number of aromatic nitrogens is 2. The van der Waals surface area contributed by atoms with Crippen molar-refractivity contribution in [3.05, 3.63) is 47.3 Å². The third kappa shape index (κ3) is 2.27. The molecule has 0 aliphatic heterocycles. The zero-order chi connectivity index (χ0) is 13.3. The average molecular weight is 242 g/mol. The Morgan fingerprint density at radius 3 is 2.61 bits per heavy atom. The highest BCUT2D eigenvalue weighted by Gasteiger charge is 2.10. The van der Waals surface area contributed by atoms with E-state index in [9.17, 15) is 0 Å². The highest BCUT2D eigenvalue weighted by atomic mass is 15.3. The van der Waals surface area contributed by atoms with Crippen LogP contribution in [-0.2, 0) is 0 Å². The Balaban J connectivity index is 2.54. The van der Waals surface area contributed by atoms with E-state index in [1.165, 1.54) is 0 Å². The molecule has 0 saturated heterocycles. The first-order valence-electron chi connectivity index (χ1n) is 6.00. The molecule has 3 N–H and O–H groups in total. The van der Waals surface area contributed by atoms with Gasteiger partial charge in [-0.05, 0) is 36.6 Å². The van der Waals surface area contributed by atoms with Crippen molar-refractivity contribution in [2.75, 3.05) is 0 Å². The number of aryl methyl sites for hydroxylation is 1. The van der Waals surface area contributed by atoms with Crippen molar-refractivity contribution in [2.24, 2.45) is 5.73 Å². The van der Waals surface area contributed by atoms with E-state index in [0.29, 0.717) is 11.5 Å². The molecule has 0 unspecified atom stereocenters. The molecule has 0 saturated carbocycles. The maximum absolute atomic E-state index is 7.62. The fourth-order valence-corrected chi connectivity index (χ4v) is 1.84. The van der Waals surface area contributed by atoms with Gasteiger partial charge in [0.1, 0.15) is 5.84 Å². The zero-order valence-corrected chi connectivity index (χ0v) is 10.9. The van der Waals surface area contributed by atoms with Crippen LogP contribution < -0.4 is 5.73 Å². The standard InChI is InChI=1S/C14H18N4/c1-9(2)12-6-7-18(17-12)13-8-10(3)4-5-11(13)14(15)16/h4-9H,1-3H3,(H3,15,16). The molecule has 0 fully saturated rings. The van der Waals surface area contributed by atoms with Crippen molar-refractivity contribution >= 4 is 5.84 Å². The topological polar surface area (TPSA) is 67.7 Å². The molecule has 4 nitrogen and oxygen atoms in total. The maximum atomic E-state index is 7.62. The zero-order valence-electron chi connectivity index (χ0n) is 10.9. The molecule has 0 aliphatic rings. The number of amidine groups is 1. The molecular formula is C14H18N4. The van der Waals surface area contributed by atoms with Gasteiger partial charge in [-0.25, -0.2) is 4.68 Å². The van der Waals surface area contributed by atoms with Crippen LogP contribution in [0.5, 0.6) is 0 Å². The van der Waals surface area contributed by atoms with Gasteiger partial charge in [0.05, 0.1) is 11.4 Å². The van der Waals surface area contributed by atoms with Gasteiger partial charge in [0.15, 0.2) is 0 Å². The first-order valence-corrected chi connectivity index (χ1v) is 6.00. The van der Waals surface area contributed by atoms with E-state index in [1.807, 2.05) is 37.4 Å². The van der Waals surface area contributed by atoms with Gasteiger partial charge in [-0.2, -0.15) is 5.10 Å². The first kappa shape index (κ1) is 12.4. The molecule has 0 radical (unpaired) electrons. The third-order valence-corrected chi connectivity index (χ3v) is 2.89. The molecule has 1 aromatic carbocycles. The minimum absolute atomic E-state index is 0.0617. The molecule has 1 aromatic heterocycles. The van der Waals surface area contributed by atoms with Crippen LogP contribution >= 0.6 is 0 Å². The van der Waals surface area contributed by atoms with Gasteiger partial charge in [0.2, 0.25) is 0 Å². The Morgan fingerprint density at radius 1 is 1.33 bits per heavy atom. The number of nitrogens with zero attached hydrogens (tertiary/aromatic N) is 2. The maximum Gasteiger partial charge on any atom is 0.124 e. The first-order chi connectivity index (χ1) is 8.49. The third-order valence-electron chi connectivity index (χ3n) is 2.89. The van der Waals surface area contributed by atoms with Crippen LogP contribution in [0, 0.1) is 12.3 Å². The number of rotatable bonds is 3. The SMILES string of the molecule is Cc1ccc(C(=N)N)c(-n2ccc(C(C)C)n2)c1. The molecule has 0 atom stereocenters. The van der Waals surface area contributed by atoms with Gasteiger partial charge >= 0.3 is 0 Å².